The first-order valence-electron chi connectivity index (χ1n) is 9.30. The number of anilines is 1. The van der Waals surface area contributed by atoms with Crippen LogP contribution in [0.25, 0.3) is 22.0 Å². The van der Waals surface area contributed by atoms with E-state index < -0.39 is 0 Å². The van der Waals surface area contributed by atoms with Crippen molar-refractivity contribution in [3.8, 4) is 17.0 Å². The van der Waals surface area contributed by atoms with Crippen molar-refractivity contribution in [2.24, 2.45) is 0 Å². The summed E-state index contributed by atoms with van der Waals surface area (Å²) in [6.07, 6.45) is 0. The number of methoxy groups -OCH3 is 1. The van der Waals surface area contributed by atoms with E-state index in [0.29, 0.717) is 0 Å². The van der Waals surface area contributed by atoms with E-state index in [4.69, 9.17) is 9.72 Å². The van der Waals surface area contributed by atoms with Crippen LogP contribution < -0.4 is 9.64 Å². The first-order valence-corrected chi connectivity index (χ1v) is 9.30. The number of ether oxygens (including phenoxy) is 1. The molecule has 1 aromatic heterocycles. The van der Waals surface area contributed by atoms with E-state index in [1.54, 1.807) is 7.11 Å². The number of benzene rings is 2. The molecule has 0 aliphatic carbocycles. The molecular weight excluding hydrogens is 393 g/mol. The van der Waals surface area contributed by atoms with Crippen LogP contribution in [0.15, 0.2) is 54.6 Å². The Morgan fingerprint density at radius 1 is 0.929 bits per heavy atom. The van der Waals surface area contributed by atoms with Crippen LogP contribution in [0, 0.1) is 0 Å². The molecule has 6 heteroatoms. The van der Waals surface area contributed by atoms with Gasteiger partial charge < -0.3 is 14.5 Å². The van der Waals surface area contributed by atoms with Gasteiger partial charge in [0.25, 0.3) is 0 Å². The largest absolute Gasteiger partial charge is 0.497 e. The van der Waals surface area contributed by atoms with Crippen molar-refractivity contribution in [3.63, 3.8) is 0 Å². The van der Waals surface area contributed by atoms with Crippen molar-refractivity contribution in [2.45, 2.75) is 6.92 Å². The van der Waals surface area contributed by atoms with Gasteiger partial charge in [-0.2, -0.15) is 0 Å². The summed E-state index contributed by atoms with van der Waals surface area (Å²) in [4.78, 5) is 9.99. The molecule has 0 bridgehead atoms. The van der Waals surface area contributed by atoms with Crippen molar-refractivity contribution in [1.29, 1.82) is 0 Å². The van der Waals surface area contributed by atoms with E-state index in [0.717, 1.165) is 55.5 Å². The number of halogens is 2. The molecule has 0 amide bonds. The Labute approximate surface area is 179 Å². The number of hydrogen-bond acceptors (Lipinski definition) is 4. The highest BCUT2D eigenvalue weighted by atomic mass is 35.5. The molecule has 0 atom stereocenters. The Kier molecular flexibility index (Phi) is 7.93. The zero-order valence-corrected chi connectivity index (χ0v) is 17.9. The predicted octanol–water partition coefficient (Wildman–Crippen LogP) is 4.90. The lowest BCUT2D eigenvalue weighted by Crippen LogP contribution is -2.46. The van der Waals surface area contributed by atoms with Gasteiger partial charge in [0.1, 0.15) is 11.6 Å². The van der Waals surface area contributed by atoms with Crippen molar-refractivity contribution < 1.29 is 4.74 Å². The minimum absolute atomic E-state index is 0. The number of rotatable bonds is 4. The van der Waals surface area contributed by atoms with Gasteiger partial charge in [-0.25, -0.2) is 4.98 Å². The summed E-state index contributed by atoms with van der Waals surface area (Å²) in [5.41, 5.74) is 2.08. The summed E-state index contributed by atoms with van der Waals surface area (Å²) in [6, 6.07) is 18.9. The summed E-state index contributed by atoms with van der Waals surface area (Å²) in [7, 11) is 1.70. The smallest absolute Gasteiger partial charge is 0.137 e. The van der Waals surface area contributed by atoms with E-state index in [1.165, 1.54) is 10.8 Å². The Balaban J connectivity index is 0.00000140. The van der Waals surface area contributed by atoms with Crippen LogP contribution in [-0.2, 0) is 0 Å². The average Bonchev–Trinajstić information content (AvgIpc) is 2.73. The number of aromatic nitrogens is 1. The Morgan fingerprint density at radius 3 is 2.39 bits per heavy atom. The van der Waals surface area contributed by atoms with Crippen LogP contribution in [0.2, 0.25) is 0 Å². The topological polar surface area (TPSA) is 28.6 Å². The van der Waals surface area contributed by atoms with E-state index in [2.05, 4.69) is 59.2 Å². The van der Waals surface area contributed by atoms with Crippen molar-refractivity contribution in [1.82, 2.24) is 9.88 Å². The Bertz CT molecular complexity index is 911. The highest BCUT2D eigenvalue weighted by Crippen LogP contribution is 2.31. The molecule has 1 saturated heterocycles. The van der Waals surface area contributed by atoms with Crippen LogP contribution in [-0.4, -0.2) is 49.7 Å². The van der Waals surface area contributed by atoms with E-state index in [9.17, 15) is 0 Å². The van der Waals surface area contributed by atoms with Gasteiger partial charge in [0.2, 0.25) is 0 Å². The number of pyridine rings is 1. The van der Waals surface area contributed by atoms with E-state index >= 15 is 0 Å². The van der Waals surface area contributed by atoms with Crippen LogP contribution in [0.5, 0.6) is 5.75 Å². The maximum atomic E-state index is 5.39. The minimum atomic E-state index is 0. The second kappa shape index (κ2) is 9.97. The number of likely N-dealkylation sites (N-methyl/N-ethyl adjacent to an activating group) is 1. The molecule has 0 radical (unpaired) electrons. The number of hydrogen-bond donors (Lipinski definition) is 0. The molecule has 1 aliphatic rings. The van der Waals surface area contributed by atoms with Gasteiger partial charge in [0, 0.05) is 37.1 Å². The third-order valence-corrected chi connectivity index (χ3v) is 5.20. The zero-order chi connectivity index (χ0) is 17.9. The fourth-order valence-electron chi connectivity index (χ4n) is 3.63. The van der Waals surface area contributed by atoms with Crippen molar-refractivity contribution in [3.05, 3.63) is 54.6 Å². The van der Waals surface area contributed by atoms with Gasteiger partial charge in [-0.1, -0.05) is 43.3 Å². The van der Waals surface area contributed by atoms with Crippen LogP contribution in [0.1, 0.15) is 6.92 Å². The van der Waals surface area contributed by atoms with Crippen LogP contribution in [0.4, 0.5) is 5.82 Å². The molecule has 3 aromatic rings. The molecular formula is C22H27Cl2N3O. The first kappa shape index (κ1) is 22.3. The summed E-state index contributed by atoms with van der Waals surface area (Å²) < 4.78 is 5.39. The highest BCUT2D eigenvalue weighted by Gasteiger charge is 2.19. The lowest BCUT2D eigenvalue weighted by molar-refractivity contribution is 0.271. The molecule has 4 nitrogen and oxygen atoms in total. The molecule has 1 fully saturated rings. The summed E-state index contributed by atoms with van der Waals surface area (Å²) in [6.45, 7) is 7.57. The minimum Gasteiger partial charge on any atom is -0.497 e. The van der Waals surface area contributed by atoms with Crippen molar-refractivity contribution >= 4 is 41.4 Å². The summed E-state index contributed by atoms with van der Waals surface area (Å²) in [5.74, 6) is 1.95. The third kappa shape index (κ3) is 4.52. The van der Waals surface area contributed by atoms with Gasteiger partial charge in [-0.3, -0.25) is 0 Å². The van der Waals surface area contributed by atoms with E-state index in [-0.39, 0.29) is 24.8 Å². The zero-order valence-electron chi connectivity index (χ0n) is 16.3. The lowest BCUT2D eigenvalue weighted by Gasteiger charge is -2.35. The van der Waals surface area contributed by atoms with Crippen molar-refractivity contribution in [2.75, 3.05) is 44.7 Å². The maximum Gasteiger partial charge on any atom is 0.137 e. The van der Waals surface area contributed by atoms with Crippen LogP contribution >= 0.6 is 24.8 Å². The Morgan fingerprint density at radius 2 is 1.68 bits per heavy atom. The predicted molar refractivity (Wildman–Crippen MR) is 123 cm³/mol. The normalized spacial score (nSPS) is 14.3. The van der Waals surface area contributed by atoms with Gasteiger partial charge in [0.05, 0.1) is 12.8 Å². The fourth-order valence-corrected chi connectivity index (χ4v) is 3.63. The maximum absolute atomic E-state index is 5.39. The quantitative estimate of drug-likeness (QED) is 0.601. The molecule has 0 unspecified atom stereocenters. The highest BCUT2D eigenvalue weighted by molar-refractivity contribution is 5.95. The molecule has 2 heterocycles. The molecule has 150 valence electrons. The fraction of sp³-hybridized carbons (Fsp3) is 0.318. The molecule has 1 aliphatic heterocycles. The second-order valence-corrected chi connectivity index (χ2v) is 6.71. The number of fused-ring (bicyclic) bond motifs is 1. The first-order chi connectivity index (χ1) is 12.8. The summed E-state index contributed by atoms with van der Waals surface area (Å²) >= 11 is 0. The van der Waals surface area contributed by atoms with Crippen LogP contribution in [0.3, 0.4) is 0 Å². The molecule has 28 heavy (non-hydrogen) atoms. The Hall–Kier alpha value is -2.01. The standard InChI is InChI=1S/C22H25N3O.2ClH/c1-3-24-11-13-25(14-12-24)22-20-10-5-4-7-17(20)16-21(23-22)18-8-6-9-19(15-18)26-2;;/h4-10,15-16H,3,11-14H2,1-2H3;2*1H. The number of nitrogens with zero attached hydrogens (tertiary/aromatic N) is 3. The molecule has 0 saturated carbocycles. The lowest BCUT2D eigenvalue weighted by atomic mass is 10.1. The van der Waals surface area contributed by atoms with E-state index in [1.807, 2.05) is 12.1 Å². The molecule has 2 aromatic carbocycles. The molecule has 0 spiro atoms. The molecule has 4 rings (SSSR count). The number of piperazine rings is 1. The van der Waals surface area contributed by atoms with Gasteiger partial charge >= 0.3 is 0 Å². The van der Waals surface area contributed by atoms with Gasteiger partial charge in [0.15, 0.2) is 0 Å². The third-order valence-electron chi connectivity index (χ3n) is 5.20. The second-order valence-electron chi connectivity index (χ2n) is 6.71. The van der Waals surface area contributed by atoms with Gasteiger partial charge in [-0.15, -0.1) is 24.8 Å². The monoisotopic (exact) mass is 419 g/mol. The SMILES string of the molecule is CCN1CCN(c2nc(-c3cccc(OC)c3)cc3ccccc23)CC1.Cl.Cl. The average molecular weight is 420 g/mol. The van der Waals surface area contributed by atoms with Gasteiger partial charge in [-0.05, 0) is 30.1 Å². The molecule has 0 N–H and O–H groups in total. The summed E-state index contributed by atoms with van der Waals surface area (Å²) in [5, 5.41) is 2.46.